The number of fused-ring (bicyclic) bond motifs is 3. The number of unbranched alkanes of at least 4 members (excludes halogenated alkanes) is 1. The van der Waals surface area contributed by atoms with Crippen molar-refractivity contribution in [1.82, 2.24) is 52.5 Å². The minimum absolute atomic E-state index is 0.0250. The van der Waals surface area contributed by atoms with E-state index < -0.39 is 108 Å². The second-order valence-electron chi connectivity index (χ2n) is 25.0. The van der Waals surface area contributed by atoms with Gasteiger partial charge in [0.25, 0.3) is 0 Å². The third kappa shape index (κ3) is 19.9. The number of halogens is 1. The number of aliphatic hydroxyl groups is 1. The fourth-order valence-corrected chi connectivity index (χ4v) is 14.7. The van der Waals surface area contributed by atoms with Gasteiger partial charge < -0.3 is 74.2 Å². The molecule has 27 heteroatoms. The van der Waals surface area contributed by atoms with Gasteiger partial charge >= 0.3 is 0 Å². The largest absolute Gasteiger partial charge is 0.507 e. The number of rotatable bonds is 34. The monoisotopic (exact) mass is 1470 g/mol. The van der Waals surface area contributed by atoms with Crippen LogP contribution in [-0.2, 0) is 68.8 Å². The molecule has 2 aromatic heterocycles. The standard InChI is InChI=1S/C68H87IN12O11S3/c1-36(2)59(68(92)79-55(33-94)67(91)81-60(37(3)82)61(71)85)80-62(86)50(17-9-10-23-70)75-65(89)53(29-42-30-72-48-16-8-7-14-44(42)48)77-64(88)52(27-39-20-22-56(83)47(69)25-39)76-66(90)54(32-93)78-63(87)51(26-38-12-5-4-6-13-38)74-57(84)35-95-34-40-19-21-41-28-43-31-73-49-18-11-15-45(58(43)49)46(41)24-40/h4-8,11-16,18,20,22,25,30-31,36-37,40-41,46,50-55,59-60,72-73,82-83,93-94H,9-10,17,19,21,23-24,26-29,32-35,70H2,1-3H3,(H2,71,85)(H,74,84)(H,75,89)(H,76,90)(H,77,88)(H,78,87)(H,79,92)(H,80,86)(H,81,91)/t37-,40+,41-,46+,50+,51-,52+,53-,54+,55+,59+,60+/m1/s1. The van der Waals surface area contributed by atoms with Crippen LogP contribution in [0.25, 0.3) is 21.8 Å². The number of hydrogen-bond acceptors (Lipinski definition) is 15. The number of hydrogen-bond donors (Lipinski definition) is 16. The molecule has 8 rings (SSSR count). The van der Waals surface area contributed by atoms with Crippen molar-refractivity contribution in [3.63, 3.8) is 0 Å². The molecule has 2 aliphatic carbocycles. The highest BCUT2D eigenvalue weighted by atomic mass is 127. The molecule has 0 saturated heterocycles. The number of aromatic hydroxyl groups is 1. The lowest BCUT2D eigenvalue weighted by Crippen LogP contribution is -2.62. The lowest BCUT2D eigenvalue weighted by atomic mass is 9.66. The van der Waals surface area contributed by atoms with Gasteiger partial charge in [0.15, 0.2) is 0 Å². The quantitative estimate of drug-likeness (QED) is 0.0155. The lowest BCUT2D eigenvalue weighted by molar-refractivity contribution is -0.136. The van der Waals surface area contributed by atoms with Crippen LogP contribution in [-0.4, -0.2) is 157 Å². The number of thioether (sulfide) groups is 1. The number of nitrogens with two attached hydrogens (primary N) is 2. The molecule has 9 amide bonds. The first-order valence-corrected chi connectivity index (χ1v) is 35.6. The molecule has 0 bridgehead atoms. The average Bonchev–Trinajstić information content (AvgIpc) is 1.69. The van der Waals surface area contributed by atoms with E-state index in [0.717, 1.165) is 47.9 Å². The minimum atomic E-state index is -1.47. The first kappa shape index (κ1) is 73.5. The molecule has 0 unspecified atom stereocenters. The summed E-state index contributed by atoms with van der Waals surface area (Å²) in [6.07, 6.45) is 7.36. The van der Waals surface area contributed by atoms with Gasteiger partial charge in [-0.2, -0.15) is 37.0 Å². The van der Waals surface area contributed by atoms with Crippen LogP contribution in [0, 0.1) is 21.3 Å². The van der Waals surface area contributed by atoms with Crippen LogP contribution in [0.3, 0.4) is 0 Å². The highest BCUT2D eigenvalue weighted by Crippen LogP contribution is 2.49. The predicted molar refractivity (Wildman–Crippen MR) is 381 cm³/mol. The van der Waals surface area contributed by atoms with Crippen LogP contribution in [0.4, 0.5) is 0 Å². The van der Waals surface area contributed by atoms with E-state index in [4.69, 9.17) is 11.5 Å². The Bertz CT molecular complexity index is 3690. The molecule has 0 aliphatic heterocycles. The summed E-state index contributed by atoms with van der Waals surface area (Å²) >= 11 is 12.2. The normalized spacial score (nSPS) is 17.9. The number of nitrogens with one attached hydrogen (secondary N) is 10. The third-order valence-corrected chi connectivity index (χ3v) is 20.5. The van der Waals surface area contributed by atoms with Crippen LogP contribution in [0.15, 0.2) is 103 Å². The Labute approximate surface area is 581 Å². The zero-order chi connectivity index (χ0) is 68.5. The van der Waals surface area contributed by atoms with E-state index in [2.05, 4.69) is 102 Å². The van der Waals surface area contributed by atoms with Crippen molar-refractivity contribution in [3.05, 3.63) is 135 Å². The van der Waals surface area contributed by atoms with Gasteiger partial charge in [0.05, 0.1) is 15.4 Å². The third-order valence-electron chi connectivity index (χ3n) is 17.7. The number of thiol groups is 2. The summed E-state index contributed by atoms with van der Waals surface area (Å²) in [7, 11) is 0. The van der Waals surface area contributed by atoms with Gasteiger partial charge in [-0.1, -0.05) is 80.6 Å². The fraction of sp³-hybridized carbons (Fsp3) is 0.456. The van der Waals surface area contributed by atoms with E-state index in [9.17, 15) is 43.8 Å². The van der Waals surface area contributed by atoms with E-state index in [1.165, 1.54) is 46.8 Å². The number of phenolic OH excluding ortho intramolecular Hbond substituents is 1. The number of amides is 9. The molecule has 2 aliphatic rings. The van der Waals surface area contributed by atoms with Crippen LogP contribution in [0.2, 0.25) is 0 Å². The van der Waals surface area contributed by atoms with Crippen molar-refractivity contribution in [1.29, 1.82) is 0 Å². The van der Waals surface area contributed by atoms with Crippen molar-refractivity contribution >= 4 is 135 Å². The number of aromatic nitrogens is 2. The zero-order valence-electron chi connectivity index (χ0n) is 53.3. The molecule has 1 fully saturated rings. The Hall–Kier alpha value is -7.31. The molecule has 95 heavy (non-hydrogen) atoms. The molecule has 1 saturated carbocycles. The van der Waals surface area contributed by atoms with Crippen molar-refractivity contribution < 1.29 is 53.4 Å². The number of carbonyl (C=O) groups excluding carboxylic acids is 9. The molecule has 6 aromatic rings. The Morgan fingerprint density at radius 3 is 1.87 bits per heavy atom. The maximum absolute atomic E-state index is 15.1. The van der Waals surface area contributed by atoms with E-state index in [-0.39, 0.29) is 61.1 Å². The number of carbonyl (C=O) groups is 9. The fourth-order valence-electron chi connectivity index (χ4n) is 12.6. The van der Waals surface area contributed by atoms with Crippen LogP contribution in [0.1, 0.15) is 93.0 Å². The van der Waals surface area contributed by atoms with Crippen LogP contribution >= 0.6 is 59.6 Å². The van der Waals surface area contributed by atoms with Crippen LogP contribution < -0.4 is 54.0 Å². The predicted octanol–water partition coefficient (Wildman–Crippen LogP) is 3.87. The summed E-state index contributed by atoms with van der Waals surface area (Å²) in [4.78, 5) is 133. The molecule has 510 valence electrons. The van der Waals surface area contributed by atoms with Gasteiger partial charge in [-0.3, -0.25) is 43.2 Å². The Kier molecular flexibility index (Phi) is 27.1. The molecular formula is C68H87IN12O11S3. The average molecular weight is 1470 g/mol. The molecule has 16 N–H and O–H groups in total. The van der Waals surface area contributed by atoms with Gasteiger partial charge in [0.2, 0.25) is 53.2 Å². The van der Waals surface area contributed by atoms with Crippen molar-refractivity contribution in [2.24, 2.45) is 29.2 Å². The van der Waals surface area contributed by atoms with Crippen molar-refractivity contribution in [2.75, 3.05) is 29.6 Å². The summed E-state index contributed by atoms with van der Waals surface area (Å²) in [6.45, 7) is 4.81. The van der Waals surface area contributed by atoms with Gasteiger partial charge in [-0.15, -0.1) is 0 Å². The molecule has 0 spiro atoms. The van der Waals surface area contributed by atoms with Crippen LogP contribution in [0.5, 0.6) is 5.75 Å². The molecule has 0 radical (unpaired) electrons. The first-order valence-electron chi connectivity index (χ1n) is 32.1. The number of benzene rings is 4. The number of phenols is 1. The first-order chi connectivity index (χ1) is 45.5. The Morgan fingerprint density at radius 1 is 0.632 bits per heavy atom. The summed E-state index contributed by atoms with van der Waals surface area (Å²) in [5.41, 5.74) is 17.8. The maximum atomic E-state index is 15.1. The maximum Gasteiger partial charge on any atom is 0.244 e. The number of aliphatic hydroxyl groups excluding tert-OH is 1. The van der Waals surface area contributed by atoms with Gasteiger partial charge in [0.1, 0.15) is 54.1 Å². The van der Waals surface area contributed by atoms with Gasteiger partial charge in [0, 0.05) is 65.0 Å². The van der Waals surface area contributed by atoms with Crippen molar-refractivity contribution in [2.45, 2.75) is 145 Å². The summed E-state index contributed by atoms with van der Waals surface area (Å²) < 4.78 is 0.447. The molecule has 2 heterocycles. The minimum Gasteiger partial charge on any atom is -0.507 e. The van der Waals surface area contributed by atoms with E-state index in [1.54, 1.807) is 32.2 Å². The zero-order valence-corrected chi connectivity index (χ0v) is 58.1. The second kappa shape index (κ2) is 35.1. The molecule has 23 nitrogen and oxygen atoms in total. The Balaban J connectivity index is 0.981. The summed E-state index contributed by atoms with van der Waals surface area (Å²) in [5, 5.41) is 44.4. The number of aromatic amines is 2. The highest BCUT2D eigenvalue weighted by molar-refractivity contribution is 14.1. The van der Waals surface area contributed by atoms with Gasteiger partial charge in [-0.05, 0) is 163 Å². The molecule has 4 aromatic carbocycles. The number of primary amides is 1. The lowest BCUT2D eigenvalue weighted by Gasteiger charge is -2.39. The molecular weight excluding hydrogens is 1380 g/mol. The van der Waals surface area contributed by atoms with E-state index >= 15 is 9.59 Å². The highest BCUT2D eigenvalue weighted by Gasteiger charge is 2.39. The summed E-state index contributed by atoms with van der Waals surface area (Å²) in [5.74, 6) is -5.70. The van der Waals surface area contributed by atoms with E-state index in [1.807, 2.05) is 77.2 Å². The SMILES string of the molecule is CC(C)[C@H](NC(=O)[C@H](CCCCN)NC(=O)[C@@H](Cc1c[nH]c2ccccc12)NC(=O)[C@H](Cc1ccc(O)c(I)c1)NC(=O)[C@H](CS)NC(=O)[C@@H](Cc1ccccc1)NC(=O)CSC[C@H]1CC[C@@H]2Cc3c[nH]c4cccc(c34)[C@H]2C1)C(=O)N[C@@H](CS)C(=O)N[C@H](C(N)=O)[C@@H](C)O. The number of para-hydroxylation sites is 1. The summed E-state index contributed by atoms with van der Waals surface area (Å²) in [6, 6.07) is 16.8. The Morgan fingerprint density at radius 2 is 1.21 bits per heavy atom. The topological polar surface area (TPSA) is 374 Å². The smallest absolute Gasteiger partial charge is 0.244 e. The van der Waals surface area contributed by atoms with Gasteiger partial charge in [-0.25, -0.2) is 0 Å². The second-order valence-corrected chi connectivity index (χ2v) is 27.9. The molecule has 12 atom stereocenters. The number of H-pyrrole nitrogens is 2. The van der Waals surface area contributed by atoms with Crippen molar-refractivity contribution in [3.8, 4) is 5.75 Å². The van der Waals surface area contributed by atoms with E-state index in [0.29, 0.717) is 45.3 Å².